The molecular formula is C21H23FO7. The van der Waals surface area contributed by atoms with Crippen LogP contribution in [0.3, 0.4) is 0 Å². The molecule has 0 aliphatic rings. The number of hydrogen-bond acceptors (Lipinski definition) is 6. The standard InChI is InChI=1S/C21H23FO7/c22-16-9-11-18(12-10-16)29-13-17(23)7-5-3-1-2-4-6-8-19(24)20(25)14-28-15-21(26)27/h2,4-12,17,19-20,23-25H,13-15H2,(H,26,27)/t17-,19?,20-/m0/s1. The Hall–Kier alpha value is -2.96. The molecule has 0 aromatic heterocycles. The maximum atomic E-state index is 12.8. The van der Waals surface area contributed by atoms with Crippen molar-refractivity contribution in [1.82, 2.24) is 0 Å². The zero-order chi connectivity index (χ0) is 21.5. The lowest BCUT2D eigenvalue weighted by molar-refractivity contribution is -0.143. The third-order valence-electron chi connectivity index (χ3n) is 3.23. The number of aliphatic carboxylic acids is 1. The summed E-state index contributed by atoms with van der Waals surface area (Å²) in [6, 6.07) is 5.44. The van der Waals surface area contributed by atoms with Gasteiger partial charge >= 0.3 is 5.97 Å². The molecule has 7 nitrogen and oxygen atoms in total. The molecule has 0 saturated heterocycles. The maximum Gasteiger partial charge on any atom is 0.329 e. The van der Waals surface area contributed by atoms with E-state index in [0.29, 0.717) is 5.75 Å². The average molecular weight is 406 g/mol. The van der Waals surface area contributed by atoms with Crippen molar-refractivity contribution in [3.63, 3.8) is 0 Å². The van der Waals surface area contributed by atoms with Crippen LogP contribution in [0.1, 0.15) is 0 Å². The number of aliphatic hydroxyl groups is 3. The fourth-order valence-electron chi connectivity index (χ4n) is 1.80. The predicted octanol–water partition coefficient (Wildman–Crippen LogP) is 1.06. The van der Waals surface area contributed by atoms with E-state index in [1.165, 1.54) is 60.7 Å². The van der Waals surface area contributed by atoms with E-state index < -0.39 is 30.9 Å². The first-order chi connectivity index (χ1) is 13.9. The molecule has 0 heterocycles. The number of rotatable bonds is 11. The van der Waals surface area contributed by atoms with Crippen molar-refractivity contribution in [3.05, 3.63) is 66.5 Å². The van der Waals surface area contributed by atoms with Gasteiger partial charge < -0.3 is 29.9 Å². The monoisotopic (exact) mass is 406 g/mol. The van der Waals surface area contributed by atoms with Crippen LogP contribution < -0.4 is 4.74 Å². The minimum atomic E-state index is -1.24. The first kappa shape index (κ1) is 24.1. The fraction of sp³-hybridized carbons (Fsp3) is 0.286. The number of hydrogen-bond donors (Lipinski definition) is 4. The van der Waals surface area contributed by atoms with Crippen LogP contribution in [0, 0.1) is 17.7 Å². The van der Waals surface area contributed by atoms with E-state index in [1.807, 2.05) is 0 Å². The van der Waals surface area contributed by atoms with Crippen molar-refractivity contribution in [1.29, 1.82) is 0 Å². The number of aliphatic hydroxyl groups excluding tert-OH is 3. The highest BCUT2D eigenvalue weighted by atomic mass is 19.1. The van der Waals surface area contributed by atoms with Crippen molar-refractivity contribution >= 4 is 5.97 Å². The van der Waals surface area contributed by atoms with Crippen LogP contribution in [0.2, 0.25) is 0 Å². The molecule has 8 heteroatoms. The van der Waals surface area contributed by atoms with Crippen molar-refractivity contribution in [2.75, 3.05) is 19.8 Å². The second-order valence-electron chi connectivity index (χ2n) is 5.69. The lowest BCUT2D eigenvalue weighted by Crippen LogP contribution is -2.29. The number of benzene rings is 1. The molecule has 1 unspecified atom stereocenters. The van der Waals surface area contributed by atoms with E-state index in [1.54, 1.807) is 0 Å². The smallest absolute Gasteiger partial charge is 0.329 e. The maximum absolute atomic E-state index is 12.8. The summed E-state index contributed by atoms with van der Waals surface area (Å²) in [6.45, 7) is -0.859. The molecule has 0 radical (unpaired) electrons. The Morgan fingerprint density at radius 1 is 1.03 bits per heavy atom. The highest BCUT2D eigenvalue weighted by Gasteiger charge is 2.13. The zero-order valence-electron chi connectivity index (χ0n) is 15.5. The number of carboxylic acid groups (broad SMARTS) is 1. The Bertz CT molecular complexity index is 759. The van der Waals surface area contributed by atoms with Gasteiger partial charge in [-0.05, 0) is 42.5 Å². The summed E-state index contributed by atoms with van der Waals surface area (Å²) in [5.74, 6) is 4.26. The third kappa shape index (κ3) is 12.2. The summed E-state index contributed by atoms with van der Waals surface area (Å²) in [7, 11) is 0. The molecule has 0 fully saturated rings. The quantitative estimate of drug-likeness (QED) is 0.321. The molecule has 29 heavy (non-hydrogen) atoms. The Balaban J connectivity index is 2.27. The van der Waals surface area contributed by atoms with E-state index in [2.05, 4.69) is 16.6 Å². The summed E-state index contributed by atoms with van der Waals surface area (Å²) < 4.78 is 22.7. The number of halogens is 1. The van der Waals surface area contributed by atoms with E-state index in [-0.39, 0.29) is 19.0 Å². The van der Waals surface area contributed by atoms with Crippen molar-refractivity contribution in [2.24, 2.45) is 0 Å². The summed E-state index contributed by atoms with van der Waals surface area (Å²) in [5.41, 5.74) is 0. The van der Waals surface area contributed by atoms with Gasteiger partial charge in [0.05, 0.1) is 6.61 Å². The van der Waals surface area contributed by atoms with Gasteiger partial charge in [-0.2, -0.15) is 0 Å². The normalized spacial score (nSPS) is 14.6. The van der Waals surface area contributed by atoms with Crippen LogP contribution >= 0.6 is 0 Å². The van der Waals surface area contributed by atoms with Crippen LogP contribution in [0.15, 0.2) is 60.7 Å². The Morgan fingerprint density at radius 2 is 1.72 bits per heavy atom. The molecule has 0 spiro atoms. The molecule has 1 aromatic rings. The molecule has 0 aliphatic carbocycles. The van der Waals surface area contributed by atoms with Gasteiger partial charge in [-0.15, -0.1) is 0 Å². The molecule has 0 amide bonds. The third-order valence-corrected chi connectivity index (χ3v) is 3.23. The molecule has 0 bridgehead atoms. The van der Waals surface area contributed by atoms with Crippen molar-refractivity contribution in [2.45, 2.75) is 18.3 Å². The molecule has 1 rings (SSSR count). The molecule has 0 aliphatic heterocycles. The number of allylic oxidation sites excluding steroid dienone is 4. The highest BCUT2D eigenvalue weighted by Crippen LogP contribution is 2.11. The van der Waals surface area contributed by atoms with Gasteiger partial charge in [-0.1, -0.05) is 30.1 Å². The summed E-state index contributed by atoms with van der Waals surface area (Å²) >= 11 is 0. The Morgan fingerprint density at radius 3 is 2.41 bits per heavy atom. The van der Waals surface area contributed by atoms with Gasteiger partial charge in [0.2, 0.25) is 0 Å². The summed E-state index contributed by atoms with van der Waals surface area (Å²) in [4.78, 5) is 10.3. The van der Waals surface area contributed by atoms with Crippen molar-refractivity contribution < 1.29 is 39.1 Å². The Kier molecular flexibility index (Phi) is 11.7. The van der Waals surface area contributed by atoms with Gasteiger partial charge in [-0.25, -0.2) is 9.18 Å². The van der Waals surface area contributed by atoms with Gasteiger partial charge in [0.1, 0.15) is 43.1 Å². The minimum absolute atomic E-state index is 0.00121. The second kappa shape index (κ2) is 14.1. The topological polar surface area (TPSA) is 116 Å². The van der Waals surface area contributed by atoms with Crippen LogP contribution in [0.5, 0.6) is 5.75 Å². The van der Waals surface area contributed by atoms with Crippen molar-refractivity contribution in [3.8, 4) is 17.6 Å². The first-order valence-electron chi connectivity index (χ1n) is 8.61. The molecular weight excluding hydrogens is 383 g/mol. The van der Waals surface area contributed by atoms with E-state index in [0.717, 1.165) is 0 Å². The van der Waals surface area contributed by atoms with E-state index in [4.69, 9.17) is 9.84 Å². The summed E-state index contributed by atoms with van der Waals surface area (Å²) in [5, 5.41) is 37.3. The van der Waals surface area contributed by atoms with Crippen LogP contribution in [-0.4, -0.2) is 64.5 Å². The predicted molar refractivity (Wildman–Crippen MR) is 104 cm³/mol. The summed E-state index contributed by atoms with van der Waals surface area (Å²) in [6.07, 6.45) is 5.35. The van der Waals surface area contributed by atoms with Crippen LogP contribution in [0.25, 0.3) is 0 Å². The van der Waals surface area contributed by atoms with Crippen LogP contribution in [0.4, 0.5) is 4.39 Å². The van der Waals surface area contributed by atoms with E-state index in [9.17, 15) is 24.5 Å². The molecule has 3 atom stereocenters. The number of ether oxygens (including phenoxy) is 2. The highest BCUT2D eigenvalue weighted by molar-refractivity contribution is 5.67. The van der Waals surface area contributed by atoms with E-state index >= 15 is 0 Å². The minimum Gasteiger partial charge on any atom is -0.491 e. The SMILES string of the molecule is O=C(O)COC[C@H](O)C(O)C=CC=CC#CC=C[C@H](O)COc1ccc(F)cc1. The largest absolute Gasteiger partial charge is 0.491 e. The van der Waals surface area contributed by atoms with Gasteiger partial charge in [-0.3, -0.25) is 0 Å². The van der Waals surface area contributed by atoms with Gasteiger partial charge in [0.15, 0.2) is 0 Å². The fourth-order valence-corrected chi connectivity index (χ4v) is 1.80. The molecule has 156 valence electrons. The molecule has 1 aromatic carbocycles. The lowest BCUT2D eigenvalue weighted by Gasteiger charge is -2.13. The molecule has 0 saturated carbocycles. The number of carboxylic acids is 1. The second-order valence-corrected chi connectivity index (χ2v) is 5.69. The van der Waals surface area contributed by atoms with Gasteiger partial charge in [0.25, 0.3) is 0 Å². The van der Waals surface area contributed by atoms with Crippen LogP contribution in [-0.2, 0) is 9.53 Å². The van der Waals surface area contributed by atoms with Gasteiger partial charge in [0, 0.05) is 0 Å². The molecule has 4 N–H and O–H groups in total. The Labute approximate surface area is 168 Å². The number of carbonyl (C=O) groups is 1. The zero-order valence-corrected chi connectivity index (χ0v) is 15.5. The average Bonchev–Trinajstić information content (AvgIpc) is 2.69. The lowest BCUT2D eigenvalue weighted by atomic mass is 10.2. The first-order valence-corrected chi connectivity index (χ1v) is 8.61.